The molecule has 1 aliphatic rings. The van der Waals surface area contributed by atoms with Gasteiger partial charge in [-0.15, -0.1) is 0 Å². The fourth-order valence-electron chi connectivity index (χ4n) is 0.807. The minimum Gasteiger partial charge on any atom is -0.385 e. The van der Waals surface area contributed by atoms with Crippen LogP contribution in [0.5, 0.6) is 0 Å². The lowest BCUT2D eigenvalue weighted by Gasteiger charge is -2.11. The Morgan fingerprint density at radius 1 is 1.67 bits per heavy atom. The highest BCUT2D eigenvalue weighted by Gasteiger charge is 2.17. The summed E-state index contributed by atoms with van der Waals surface area (Å²) >= 11 is 0. The number of nitrogens with zero attached hydrogens (tertiary/aromatic N) is 1. The van der Waals surface area contributed by atoms with E-state index in [2.05, 4.69) is 15.6 Å². The normalized spacial score (nSPS) is 18.8. The number of aliphatic hydroxyl groups excluding tert-OH is 1. The molecule has 0 aromatic rings. The van der Waals surface area contributed by atoms with Crippen molar-refractivity contribution in [2.45, 2.75) is 12.5 Å². The summed E-state index contributed by atoms with van der Waals surface area (Å²) in [6.45, 7) is 1.18. The minimum atomic E-state index is -2.71. The molecular formula is C6H11F2N3O. The second-order valence-electron chi connectivity index (χ2n) is 2.44. The number of rotatable bonds is 3. The second kappa shape index (κ2) is 4.20. The third-order valence-corrected chi connectivity index (χ3v) is 1.44. The molecule has 0 saturated carbocycles. The zero-order chi connectivity index (χ0) is 8.97. The lowest BCUT2D eigenvalue weighted by atomic mass is 10.4. The van der Waals surface area contributed by atoms with Gasteiger partial charge >= 0.3 is 0 Å². The molecule has 0 aromatic heterocycles. The Morgan fingerprint density at radius 2 is 2.42 bits per heavy atom. The summed E-state index contributed by atoms with van der Waals surface area (Å²) in [6, 6.07) is 0. The summed E-state index contributed by atoms with van der Waals surface area (Å²) in [5.74, 6) is 0.481. The first kappa shape index (κ1) is 9.18. The van der Waals surface area contributed by atoms with Gasteiger partial charge in [-0.05, 0) is 0 Å². The summed E-state index contributed by atoms with van der Waals surface area (Å²) in [6.07, 6.45) is -4.34. The lowest BCUT2D eigenvalue weighted by molar-refractivity contribution is -0.000974. The Hall–Kier alpha value is -0.910. The predicted octanol–water partition coefficient (Wildman–Crippen LogP) is -0.839. The zero-order valence-electron chi connectivity index (χ0n) is 6.43. The molecule has 0 fully saturated rings. The van der Waals surface area contributed by atoms with E-state index in [1.54, 1.807) is 0 Å². The van der Waals surface area contributed by atoms with E-state index in [-0.39, 0.29) is 6.54 Å². The van der Waals surface area contributed by atoms with Crippen LogP contribution >= 0.6 is 0 Å². The van der Waals surface area contributed by atoms with E-state index < -0.39 is 12.5 Å². The first-order chi connectivity index (χ1) is 5.70. The van der Waals surface area contributed by atoms with E-state index in [4.69, 9.17) is 5.11 Å². The number of alkyl halides is 2. The molecule has 4 nitrogen and oxygen atoms in total. The molecule has 0 spiro atoms. The van der Waals surface area contributed by atoms with Gasteiger partial charge in [0.1, 0.15) is 6.10 Å². The Kier molecular flexibility index (Phi) is 3.21. The minimum absolute atomic E-state index is 0.177. The van der Waals surface area contributed by atoms with Crippen LogP contribution in [-0.2, 0) is 0 Å². The molecule has 1 heterocycles. The van der Waals surface area contributed by atoms with Gasteiger partial charge in [-0.25, -0.2) is 8.78 Å². The number of hydrogen-bond acceptors (Lipinski definition) is 4. The molecule has 0 aromatic carbocycles. The van der Waals surface area contributed by atoms with Crippen LogP contribution in [0.15, 0.2) is 4.99 Å². The van der Waals surface area contributed by atoms with Gasteiger partial charge in [-0.1, -0.05) is 0 Å². The maximum absolute atomic E-state index is 11.8. The van der Waals surface area contributed by atoms with Gasteiger partial charge in [-0.2, -0.15) is 0 Å². The lowest BCUT2D eigenvalue weighted by Crippen LogP contribution is -2.40. The van der Waals surface area contributed by atoms with Crippen LogP contribution in [0.25, 0.3) is 0 Å². The van der Waals surface area contributed by atoms with E-state index in [0.29, 0.717) is 19.0 Å². The number of hydrogen-bond donors (Lipinski definition) is 3. The van der Waals surface area contributed by atoms with Crippen molar-refractivity contribution in [2.75, 3.05) is 19.6 Å². The van der Waals surface area contributed by atoms with E-state index in [9.17, 15) is 8.78 Å². The highest BCUT2D eigenvalue weighted by atomic mass is 19.3. The highest BCUT2D eigenvalue weighted by molar-refractivity contribution is 5.81. The summed E-state index contributed by atoms with van der Waals surface area (Å²) in [4.78, 5) is 3.91. The molecule has 6 heteroatoms. The Bertz CT molecular complexity index is 174. The van der Waals surface area contributed by atoms with Crippen LogP contribution in [0.2, 0.25) is 0 Å². The van der Waals surface area contributed by atoms with E-state index in [1.165, 1.54) is 0 Å². The largest absolute Gasteiger partial charge is 0.385 e. The number of aliphatic hydroxyl groups is 1. The van der Waals surface area contributed by atoms with E-state index >= 15 is 0 Å². The molecule has 1 unspecified atom stereocenters. The number of guanidine groups is 1. The molecule has 0 radical (unpaired) electrons. The molecule has 12 heavy (non-hydrogen) atoms. The molecule has 0 aliphatic carbocycles. The van der Waals surface area contributed by atoms with E-state index in [0.717, 1.165) is 0 Å². The predicted molar refractivity (Wildman–Crippen MR) is 40.3 cm³/mol. The SMILES string of the molecule is OC(CNC1=NCCN1)C(F)F. The average molecular weight is 179 g/mol. The first-order valence-corrected chi connectivity index (χ1v) is 3.68. The van der Waals surface area contributed by atoms with Crippen molar-refractivity contribution in [1.82, 2.24) is 10.6 Å². The maximum Gasteiger partial charge on any atom is 0.265 e. The van der Waals surface area contributed by atoms with Gasteiger partial charge in [0.05, 0.1) is 6.54 Å². The van der Waals surface area contributed by atoms with Crippen LogP contribution in [-0.4, -0.2) is 43.2 Å². The second-order valence-corrected chi connectivity index (χ2v) is 2.44. The summed E-state index contributed by atoms with van der Waals surface area (Å²) in [7, 11) is 0. The van der Waals surface area contributed by atoms with Gasteiger partial charge < -0.3 is 15.7 Å². The van der Waals surface area contributed by atoms with Crippen LogP contribution in [0.1, 0.15) is 0 Å². The van der Waals surface area contributed by atoms with Crippen LogP contribution in [0.3, 0.4) is 0 Å². The standard InChI is InChI=1S/C6H11F2N3O/c7-5(8)4(12)3-11-6-9-1-2-10-6/h4-5,12H,1-3H2,(H2,9,10,11). The third kappa shape index (κ3) is 2.61. The zero-order valence-corrected chi connectivity index (χ0v) is 6.43. The summed E-state index contributed by atoms with van der Waals surface area (Å²) < 4.78 is 23.5. The fourth-order valence-corrected chi connectivity index (χ4v) is 0.807. The van der Waals surface area contributed by atoms with Gasteiger partial charge in [-0.3, -0.25) is 4.99 Å². The van der Waals surface area contributed by atoms with Crippen molar-refractivity contribution < 1.29 is 13.9 Å². The molecule has 1 atom stereocenters. The first-order valence-electron chi connectivity index (χ1n) is 3.68. The molecule has 0 amide bonds. The fraction of sp³-hybridized carbons (Fsp3) is 0.833. The monoisotopic (exact) mass is 179 g/mol. The summed E-state index contributed by atoms with van der Waals surface area (Å²) in [5.41, 5.74) is 0. The molecule has 70 valence electrons. The van der Waals surface area contributed by atoms with Crippen molar-refractivity contribution in [3.63, 3.8) is 0 Å². The van der Waals surface area contributed by atoms with Gasteiger partial charge in [0.15, 0.2) is 5.96 Å². The van der Waals surface area contributed by atoms with Crippen molar-refractivity contribution in [3.05, 3.63) is 0 Å². The van der Waals surface area contributed by atoms with Gasteiger partial charge in [0, 0.05) is 13.1 Å². The highest BCUT2D eigenvalue weighted by Crippen LogP contribution is 1.98. The van der Waals surface area contributed by atoms with Crippen LogP contribution in [0.4, 0.5) is 8.78 Å². The van der Waals surface area contributed by atoms with Crippen molar-refractivity contribution in [1.29, 1.82) is 0 Å². The van der Waals surface area contributed by atoms with Crippen LogP contribution in [0, 0.1) is 0 Å². The molecule has 3 N–H and O–H groups in total. The Morgan fingerprint density at radius 3 is 2.92 bits per heavy atom. The number of nitrogens with one attached hydrogen (secondary N) is 2. The number of halogens is 2. The molecule has 0 bridgehead atoms. The van der Waals surface area contributed by atoms with Crippen molar-refractivity contribution in [3.8, 4) is 0 Å². The van der Waals surface area contributed by atoms with Gasteiger partial charge in [0.25, 0.3) is 6.43 Å². The Labute approximate surface area is 68.7 Å². The van der Waals surface area contributed by atoms with Crippen LogP contribution < -0.4 is 10.6 Å². The summed E-state index contributed by atoms with van der Waals surface area (Å²) in [5, 5.41) is 14.1. The van der Waals surface area contributed by atoms with Crippen molar-refractivity contribution >= 4 is 5.96 Å². The quantitative estimate of drug-likeness (QED) is 0.529. The topological polar surface area (TPSA) is 56.6 Å². The maximum atomic E-state index is 11.8. The molecule has 1 aliphatic heterocycles. The van der Waals surface area contributed by atoms with Gasteiger partial charge in [0.2, 0.25) is 0 Å². The Balaban J connectivity index is 2.16. The van der Waals surface area contributed by atoms with Crippen molar-refractivity contribution in [2.24, 2.45) is 4.99 Å². The average Bonchev–Trinajstić information content (AvgIpc) is 2.51. The molecular weight excluding hydrogens is 168 g/mol. The third-order valence-electron chi connectivity index (χ3n) is 1.44. The smallest absolute Gasteiger partial charge is 0.265 e. The molecule has 1 rings (SSSR count). The molecule has 0 saturated heterocycles. The number of aliphatic imine (C=N–C) groups is 1. The van der Waals surface area contributed by atoms with E-state index in [1.807, 2.05) is 0 Å².